The van der Waals surface area contributed by atoms with Crippen molar-refractivity contribution in [3.05, 3.63) is 24.3 Å². The lowest BCUT2D eigenvalue weighted by Crippen LogP contribution is -2.38. The molecule has 0 saturated carbocycles. The zero-order valence-corrected chi connectivity index (χ0v) is 9.74. The Balaban J connectivity index is 2.20. The molecule has 0 radical (unpaired) electrons. The van der Waals surface area contributed by atoms with Crippen molar-refractivity contribution in [2.24, 2.45) is 5.92 Å². The second kappa shape index (κ2) is 5.06. The maximum atomic E-state index is 12.8. The number of para-hydroxylation sites is 2. The SMILES string of the molecule is Oc1ccccc1N1CCNCC(C(F)(F)F)C1. The number of phenols is 1. The number of rotatable bonds is 1. The fraction of sp³-hybridized carbons (Fsp3) is 0.500. The molecule has 0 bridgehead atoms. The summed E-state index contributed by atoms with van der Waals surface area (Å²) in [6, 6.07) is 6.47. The van der Waals surface area contributed by atoms with E-state index in [-0.39, 0.29) is 18.8 Å². The van der Waals surface area contributed by atoms with Crippen LogP contribution in [0.15, 0.2) is 24.3 Å². The van der Waals surface area contributed by atoms with Crippen LogP contribution in [0.3, 0.4) is 0 Å². The molecule has 2 N–H and O–H groups in total. The predicted octanol–water partition coefficient (Wildman–Crippen LogP) is 1.98. The summed E-state index contributed by atoms with van der Waals surface area (Å²) in [5.74, 6) is -1.40. The number of hydrogen-bond acceptors (Lipinski definition) is 3. The average molecular weight is 260 g/mol. The van der Waals surface area contributed by atoms with Crippen molar-refractivity contribution in [2.75, 3.05) is 31.1 Å². The summed E-state index contributed by atoms with van der Waals surface area (Å²) in [7, 11) is 0. The van der Waals surface area contributed by atoms with Crippen molar-refractivity contribution in [3.8, 4) is 5.75 Å². The first kappa shape index (κ1) is 13.0. The molecule has 1 aliphatic rings. The number of hydrogen-bond donors (Lipinski definition) is 2. The minimum atomic E-state index is -4.22. The summed E-state index contributed by atoms with van der Waals surface area (Å²) in [5, 5.41) is 12.5. The molecule has 1 saturated heterocycles. The van der Waals surface area contributed by atoms with Gasteiger partial charge in [-0.25, -0.2) is 0 Å². The largest absolute Gasteiger partial charge is 0.506 e. The third-order valence-electron chi connectivity index (χ3n) is 3.08. The summed E-state index contributed by atoms with van der Waals surface area (Å²) in [6.07, 6.45) is -4.22. The molecule has 18 heavy (non-hydrogen) atoms. The van der Waals surface area contributed by atoms with Crippen LogP contribution in [-0.2, 0) is 0 Å². The maximum absolute atomic E-state index is 12.8. The maximum Gasteiger partial charge on any atom is 0.394 e. The van der Waals surface area contributed by atoms with Gasteiger partial charge in [0.1, 0.15) is 5.75 Å². The van der Waals surface area contributed by atoms with E-state index >= 15 is 0 Å². The number of nitrogens with zero attached hydrogens (tertiary/aromatic N) is 1. The minimum absolute atomic E-state index is 0.0142. The average Bonchev–Trinajstić information content (AvgIpc) is 2.54. The Labute approximate surface area is 103 Å². The zero-order chi connectivity index (χ0) is 13.2. The molecule has 2 rings (SSSR count). The number of anilines is 1. The highest BCUT2D eigenvalue weighted by molar-refractivity contribution is 5.57. The van der Waals surface area contributed by atoms with Gasteiger partial charge < -0.3 is 15.3 Å². The molecule has 0 spiro atoms. The van der Waals surface area contributed by atoms with Gasteiger partial charge in [0.2, 0.25) is 0 Å². The lowest BCUT2D eigenvalue weighted by Gasteiger charge is -2.27. The van der Waals surface area contributed by atoms with Crippen LogP contribution in [-0.4, -0.2) is 37.5 Å². The third kappa shape index (κ3) is 2.87. The van der Waals surface area contributed by atoms with Gasteiger partial charge in [0, 0.05) is 26.2 Å². The molecule has 100 valence electrons. The Morgan fingerprint density at radius 1 is 1.28 bits per heavy atom. The van der Waals surface area contributed by atoms with Crippen molar-refractivity contribution in [2.45, 2.75) is 6.18 Å². The van der Waals surface area contributed by atoms with Crippen LogP contribution in [0.4, 0.5) is 18.9 Å². The molecule has 0 aromatic heterocycles. The first-order valence-corrected chi connectivity index (χ1v) is 5.79. The smallest absolute Gasteiger partial charge is 0.394 e. The highest BCUT2D eigenvalue weighted by Gasteiger charge is 2.41. The summed E-state index contributed by atoms with van der Waals surface area (Å²) in [6.45, 7) is 0.715. The van der Waals surface area contributed by atoms with Crippen LogP contribution < -0.4 is 10.2 Å². The lowest BCUT2D eigenvalue weighted by atomic mass is 10.1. The number of phenolic OH excluding ortho intramolecular Hbond substituents is 1. The van der Waals surface area contributed by atoms with Crippen LogP contribution >= 0.6 is 0 Å². The standard InChI is InChI=1S/C12H15F3N2O/c13-12(14,15)9-7-16-5-6-17(8-9)10-3-1-2-4-11(10)18/h1-4,9,16,18H,5-8H2. The molecule has 1 fully saturated rings. The second-order valence-electron chi connectivity index (χ2n) is 4.38. The lowest BCUT2D eigenvalue weighted by molar-refractivity contribution is -0.169. The van der Waals surface area contributed by atoms with Crippen LogP contribution in [0.2, 0.25) is 0 Å². The van der Waals surface area contributed by atoms with Gasteiger partial charge in [-0.3, -0.25) is 0 Å². The van der Waals surface area contributed by atoms with Gasteiger partial charge in [-0.2, -0.15) is 13.2 Å². The minimum Gasteiger partial charge on any atom is -0.506 e. The molecular weight excluding hydrogens is 245 g/mol. The molecule has 3 nitrogen and oxygen atoms in total. The fourth-order valence-electron chi connectivity index (χ4n) is 2.08. The molecule has 1 unspecified atom stereocenters. The van der Waals surface area contributed by atoms with Gasteiger partial charge in [0.25, 0.3) is 0 Å². The van der Waals surface area contributed by atoms with Crippen molar-refractivity contribution < 1.29 is 18.3 Å². The van der Waals surface area contributed by atoms with Crippen molar-refractivity contribution in [3.63, 3.8) is 0 Å². The Hall–Kier alpha value is -1.43. The Morgan fingerprint density at radius 2 is 2.00 bits per heavy atom. The van der Waals surface area contributed by atoms with E-state index < -0.39 is 12.1 Å². The Morgan fingerprint density at radius 3 is 2.67 bits per heavy atom. The quantitative estimate of drug-likeness (QED) is 0.810. The molecule has 1 atom stereocenters. The van der Waals surface area contributed by atoms with Gasteiger partial charge >= 0.3 is 6.18 Å². The number of halogens is 3. The van der Waals surface area contributed by atoms with Crippen LogP contribution in [0.25, 0.3) is 0 Å². The van der Waals surface area contributed by atoms with Crippen molar-refractivity contribution in [1.29, 1.82) is 0 Å². The number of alkyl halides is 3. The zero-order valence-electron chi connectivity index (χ0n) is 9.74. The molecule has 0 aliphatic carbocycles. The van der Waals surface area contributed by atoms with Gasteiger partial charge in [-0.05, 0) is 12.1 Å². The van der Waals surface area contributed by atoms with Crippen LogP contribution in [0.1, 0.15) is 0 Å². The van der Waals surface area contributed by atoms with E-state index in [1.54, 1.807) is 23.1 Å². The van der Waals surface area contributed by atoms with E-state index in [0.717, 1.165) is 0 Å². The van der Waals surface area contributed by atoms with Gasteiger partial charge in [0.15, 0.2) is 0 Å². The topological polar surface area (TPSA) is 35.5 Å². The molecule has 6 heteroatoms. The van der Waals surface area contributed by atoms with Crippen molar-refractivity contribution in [1.82, 2.24) is 5.32 Å². The normalized spacial score (nSPS) is 21.7. The van der Waals surface area contributed by atoms with E-state index in [2.05, 4.69) is 5.32 Å². The van der Waals surface area contributed by atoms with Crippen LogP contribution in [0.5, 0.6) is 5.75 Å². The molecular formula is C12H15F3N2O. The Bertz CT molecular complexity index is 409. The van der Waals surface area contributed by atoms with Crippen molar-refractivity contribution >= 4 is 5.69 Å². The number of aromatic hydroxyl groups is 1. The molecule has 1 aromatic carbocycles. The first-order chi connectivity index (χ1) is 8.48. The van der Waals surface area contributed by atoms with E-state index in [0.29, 0.717) is 18.8 Å². The van der Waals surface area contributed by atoms with E-state index in [9.17, 15) is 18.3 Å². The highest BCUT2D eigenvalue weighted by atomic mass is 19.4. The van der Waals surface area contributed by atoms with Crippen LogP contribution in [0, 0.1) is 5.92 Å². The first-order valence-electron chi connectivity index (χ1n) is 5.79. The molecule has 1 heterocycles. The van der Waals surface area contributed by atoms with Gasteiger partial charge in [-0.15, -0.1) is 0 Å². The fourth-order valence-corrected chi connectivity index (χ4v) is 2.08. The second-order valence-corrected chi connectivity index (χ2v) is 4.38. The Kier molecular flexibility index (Phi) is 3.65. The molecule has 1 aliphatic heterocycles. The summed E-state index contributed by atoms with van der Waals surface area (Å²) < 4.78 is 38.3. The summed E-state index contributed by atoms with van der Waals surface area (Å²) >= 11 is 0. The third-order valence-corrected chi connectivity index (χ3v) is 3.08. The highest BCUT2D eigenvalue weighted by Crippen LogP contribution is 2.32. The summed E-state index contributed by atoms with van der Waals surface area (Å²) in [4.78, 5) is 1.58. The summed E-state index contributed by atoms with van der Waals surface area (Å²) in [5.41, 5.74) is 0.454. The van der Waals surface area contributed by atoms with E-state index in [1.807, 2.05) is 0 Å². The molecule has 0 amide bonds. The predicted molar refractivity (Wildman–Crippen MR) is 62.7 cm³/mol. The number of nitrogens with one attached hydrogen (secondary N) is 1. The monoisotopic (exact) mass is 260 g/mol. The number of benzene rings is 1. The van der Waals surface area contributed by atoms with E-state index in [1.165, 1.54) is 6.07 Å². The molecule has 1 aromatic rings. The van der Waals surface area contributed by atoms with Gasteiger partial charge in [0.05, 0.1) is 11.6 Å². The van der Waals surface area contributed by atoms with E-state index in [4.69, 9.17) is 0 Å². The van der Waals surface area contributed by atoms with Gasteiger partial charge in [-0.1, -0.05) is 12.1 Å².